The number of esters is 4. The zero-order valence-corrected chi connectivity index (χ0v) is 26.3. The molecule has 0 unspecified atom stereocenters. The summed E-state index contributed by atoms with van der Waals surface area (Å²) < 4.78 is 21.4. The monoisotopic (exact) mass is 582 g/mol. The summed E-state index contributed by atoms with van der Waals surface area (Å²) in [7, 11) is 0. The lowest BCUT2D eigenvalue weighted by Gasteiger charge is -2.31. The Morgan fingerprint density at radius 2 is 0.683 bits per heavy atom. The minimum absolute atomic E-state index is 0.184. The zero-order chi connectivity index (χ0) is 30.2. The van der Waals surface area contributed by atoms with Crippen molar-refractivity contribution >= 4 is 23.9 Å². The minimum atomic E-state index is -1.18. The molecule has 0 aromatic carbocycles. The van der Waals surface area contributed by atoms with Gasteiger partial charge < -0.3 is 18.9 Å². The third kappa shape index (κ3) is 20.4. The van der Waals surface area contributed by atoms with Gasteiger partial charge in [-0.1, -0.05) is 116 Å². The molecule has 0 N–H and O–H groups in total. The Kier molecular flexibility index (Phi) is 21.1. The maximum Gasteiger partial charge on any atom is 0.308 e. The minimum Gasteiger partial charge on any atom is -0.465 e. The van der Waals surface area contributed by atoms with Gasteiger partial charge in [-0.2, -0.15) is 0 Å². The van der Waals surface area contributed by atoms with E-state index in [1.54, 1.807) is 0 Å². The molecule has 0 aliphatic heterocycles. The first-order valence-electron chi connectivity index (χ1n) is 16.3. The molecule has 8 nitrogen and oxygen atoms in total. The summed E-state index contributed by atoms with van der Waals surface area (Å²) in [6.07, 6.45) is 24.1. The van der Waals surface area contributed by atoms with E-state index in [9.17, 15) is 19.2 Å². The van der Waals surface area contributed by atoms with Crippen LogP contribution in [0.2, 0.25) is 0 Å². The van der Waals surface area contributed by atoms with Crippen molar-refractivity contribution in [3.05, 3.63) is 0 Å². The van der Waals surface area contributed by atoms with Crippen molar-refractivity contribution in [3.8, 4) is 0 Å². The van der Waals surface area contributed by atoms with Gasteiger partial charge in [-0.15, -0.1) is 0 Å². The molecule has 1 aliphatic rings. The fraction of sp³-hybridized carbons (Fsp3) is 0.879. The van der Waals surface area contributed by atoms with Crippen LogP contribution in [0, 0.1) is 11.3 Å². The van der Waals surface area contributed by atoms with Gasteiger partial charge in [-0.25, -0.2) is 0 Å². The van der Waals surface area contributed by atoms with Crippen LogP contribution in [-0.4, -0.2) is 50.3 Å². The smallest absolute Gasteiger partial charge is 0.308 e. The van der Waals surface area contributed by atoms with Gasteiger partial charge in [0.1, 0.15) is 31.8 Å². The standard InChI is InChI=1S/C33H58O8/c1-28(34)38-24-33(25-39-29(2)35,26-40-30(3)36)27-41-32(37)31-22-20-18-16-14-12-10-8-6-4-5-7-9-11-13-15-17-19-21-23-31/h31H,4-27H2,1-3H3. The molecule has 1 saturated carbocycles. The summed E-state index contributed by atoms with van der Waals surface area (Å²) in [5.41, 5.74) is -1.18. The quantitative estimate of drug-likeness (QED) is 0.202. The predicted octanol–water partition coefficient (Wildman–Crippen LogP) is 7.64. The lowest BCUT2D eigenvalue weighted by Crippen LogP contribution is -2.44. The molecular weight excluding hydrogens is 524 g/mol. The molecule has 238 valence electrons. The molecule has 41 heavy (non-hydrogen) atoms. The van der Waals surface area contributed by atoms with Gasteiger partial charge in [-0.05, 0) is 12.8 Å². The molecule has 0 atom stereocenters. The van der Waals surface area contributed by atoms with E-state index in [4.69, 9.17) is 18.9 Å². The van der Waals surface area contributed by atoms with Crippen molar-refractivity contribution in [1.29, 1.82) is 0 Å². The molecule has 0 aromatic heterocycles. The molecule has 0 radical (unpaired) electrons. The topological polar surface area (TPSA) is 105 Å². The molecule has 0 heterocycles. The van der Waals surface area contributed by atoms with E-state index >= 15 is 0 Å². The maximum absolute atomic E-state index is 13.3. The molecule has 0 spiro atoms. The maximum atomic E-state index is 13.3. The Labute approximate surface area is 249 Å². The number of hydrogen-bond donors (Lipinski definition) is 0. The largest absolute Gasteiger partial charge is 0.465 e. The fourth-order valence-electron chi connectivity index (χ4n) is 5.35. The summed E-state index contributed by atoms with van der Waals surface area (Å²) in [6, 6.07) is 0. The van der Waals surface area contributed by atoms with Gasteiger partial charge in [0.2, 0.25) is 0 Å². The van der Waals surface area contributed by atoms with Crippen molar-refractivity contribution in [2.24, 2.45) is 11.3 Å². The predicted molar refractivity (Wildman–Crippen MR) is 159 cm³/mol. The molecule has 0 amide bonds. The first-order chi connectivity index (χ1) is 19.7. The Morgan fingerprint density at radius 1 is 0.439 bits per heavy atom. The van der Waals surface area contributed by atoms with E-state index < -0.39 is 23.3 Å². The van der Waals surface area contributed by atoms with Crippen molar-refractivity contribution in [3.63, 3.8) is 0 Å². The Morgan fingerprint density at radius 3 is 0.951 bits per heavy atom. The number of hydrogen-bond acceptors (Lipinski definition) is 8. The zero-order valence-electron chi connectivity index (χ0n) is 26.3. The number of carbonyl (C=O) groups excluding carboxylic acids is 4. The third-order valence-corrected chi connectivity index (χ3v) is 7.95. The SMILES string of the molecule is CC(=O)OCC(COC(C)=O)(COC(C)=O)COC(=O)C1CCCCCCCCCCCCCCCCCCCC1. The molecule has 0 aromatic rings. The van der Waals surface area contributed by atoms with Crippen molar-refractivity contribution in [2.45, 2.75) is 149 Å². The fourth-order valence-corrected chi connectivity index (χ4v) is 5.35. The van der Waals surface area contributed by atoms with Crippen LogP contribution in [0.5, 0.6) is 0 Å². The first-order valence-corrected chi connectivity index (χ1v) is 16.3. The van der Waals surface area contributed by atoms with Crippen LogP contribution >= 0.6 is 0 Å². The average molecular weight is 583 g/mol. The van der Waals surface area contributed by atoms with Gasteiger partial charge >= 0.3 is 23.9 Å². The summed E-state index contributed by atoms with van der Waals surface area (Å²) in [6.45, 7) is 2.99. The van der Waals surface area contributed by atoms with Crippen LogP contribution in [0.25, 0.3) is 0 Å². The van der Waals surface area contributed by atoms with Crippen LogP contribution in [0.3, 0.4) is 0 Å². The van der Waals surface area contributed by atoms with E-state index in [0.717, 1.165) is 38.5 Å². The highest BCUT2D eigenvalue weighted by Gasteiger charge is 2.38. The molecule has 0 bridgehead atoms. The van der Waals surface area contributed by atoms with Crippen LogP contribution < -0.4 is 0 Å². The Hall–Kier alpha value is -2.12. The second-order valence-corrected chi connectivity index (χ2v) is 12.1. The third-order valence-electron chi connectivity index (χ3n) is 7.95. The van der Waals surface area contributed by atoms with Gasteiger partial charge in [0, 0.05) is 20.8 Å². The normalized spacial score (nSPS) is 18.3. The van der Waals surface area contributed by atoms with Crippen LogP contribution in [0.1, 0.15) is 149 Å². The van der Waals surface area contributed by atoms with Crippen molar-refractivity contribution < 1.29 is 38.1 Å². The van der Waals surface area contributed by atoms with Crippen LogP contribution in [0.15, 0.2) is 0 Å². The second-order valence-electron chi connectivity index (χ2n) is 12.1. The highest BCUT2D eigenvalue weighted by Crippen LogP contribution is 2.25. The van der Waals surface area contributed by atoms with Crippen LogP contribution in [0.4, 0.5) is 0 Å². The number of rotatable bonds is 9. The number of carbonyl (C=O) groups is 4. The summed E-state index contributed by atoms with van der Waals surface area (Å²) in [4.78, 5) is 48.0. The summed E-state index contributed by atoms with van der Waals surface area (Å²) in [5, 5.41) is 0. The molecule has 0 saturated heterocycles. The molecule has 8 heteroatoms. The Balaban J connectivity index is 2.79. The van der Waals surface area contributed by atoms with Crippen molar-refractivity contribution in [2.75, 3.05) is 26.4 Å². The average Bonchev–Trinajstić information content (AvgIpc) is 2.93. The van der Waals surface area contributed by atoms with Gasteiger partial charge in [0.15, 0.2) is 0 Å². The van der Waals surface area contributed by atoms with Gasteiger partial charge in [0.05, 0.1) is 5.92 Å². The Bertz CT molecular complexity index is 667. The second kappa shape index (κ2) is 23.4. The van der Waals surface area contributed by atoms with E-state index in [-0.39, 0.29) is 38.3 Å². The molecule has 1 rings (SSSR count). The summed E-state index contributed by atoms with van der Waals surface area (Å²) >= 11 is 0. The molecule has 1 aliphatic carbocycles. The first kappa shape index (κ1) is 36.9. The lowest BCUT2D eigenvalue weighted by molar-refractivity contribution is -0.170. The summed E-state index contributed by atoms with van der Waals surface area (Å²) in [5.74, 6) is -2.09. The van der Waals surface area contributed by atoms with E-state index in [1.807, 2.05) is 0 Å². The van der Waals surface area contributed by atoms with Crippen molar-refractivity contribution in [1.82, 2.24) is 0 Å². The van der Waals surface area contributed by atoms with E-state index in [0.29, 0.717) is 0 Å². The highest BCUT2D eigenvalue weighted by molar-refractivity contribution is 5.72. The number of ether oxygens (including phenoxy) is 4. The highest BCUT2D eigenvalue weighted by atomic mass is 16.6. The van der Waals surface area contributed by atoms with E-state index in [1.165, 1.54) is 111 Å². The van der Waals surface area contributed by atoms with E-state index in [2.05, 4.69) is 0 Å². The molecular formula is C33H58O8. The molecule has 1 fully saturated rings. The van der Waals surface area contributed by atoms with Gasteiger partial charge in [-0.3, -0.25) is 19.2 Å². The lowest BCUT2D eigenvalue weighted by atomic mass is 9.91. The van der Waals surface area contributed by atoms with Gasteiger partial charge in [0.25, 0.3) is 0 Å². The van der Waals surface area contributed by atoms with Crippen LogP contribution in [-0.2, 0) is 38.1 Å².